The van der Waals surface area contributed by atoms with Crippen molar-refractivity contribution in [2.75, 3.05) is 19.0 Å². The predicted octanol–water partition coefficient (Wildman–Crippen LogP) is 3.47. The molecule has 2 heterocycles. The number of hydrogen-bond donors (Lipinski definition) is 1. The third kappa shape index (κ3) is 3.78. The lowest BCUT2D eigenvalue weighted by molar-refractivity contribution is 0.398. The zero-order valence-electron chi connectivity index (χ0n) is 10.8. The van der Waals surface area contributed by atoms with Crippen LogP contribution in [-0.4, -0.2) is 28.8 Å². The topological polar surface area (TPSA) is 59.9 Å². The molecule has 0 saturated heterocycles. The molecule has 1 N–H and O–H groups in total. The first-order valence-electron chi connectivity index (χ1n) is 6.02. The van der Waals surface area contributed by atoms with Crippen LogP contribution in [0.3, 0.4) is 0 Å². The lowest BCUT2D eigenvalue weighted by Crippen LogP contribution is -1.99. The van der Waals surface area contributed by atoms with Crippen molar-refractivity contribution in [3.05, 3.63) is 17.3 Å². The van der Waals surface area contributed by atoms with Crippen molar-refractivity contribution in [2.24, 2.45) is 0 Å². The van der Waals surface area contributed by atoms with Gasteiger partial charge in [-0.25, -0.2) is 4.98 Å². The van der Waals surface area contributed by atoms with Gasteiger partial charge >= 0.3 is 0 Å². The molecule has 0 fully saturated rings. The van der Waals surface area contributed by atoms with Crippen LogP contribution in [0.15, 0.2) is 12.1 Å². The summed E-state index contributed by atoms with van der Waals surface area (Å²) in [7, 11) is 1.56. The molecule has 0 unspecified atom stereocenters. The summed E-state index contributed by atoms with van der Waals surface area (Å²) in [5, 5.41) is 13.5. The summed E-state index contributed by atoms with van der Waals surface area (Å²) in [6, 6.07) is 3.54. The largest absolute Gasteiger partial charge is 0.481 e. The molecule has 0 spiro atoms. The Kier molecular flexibility index (Phi) is 4.93. The minimum Gasteiger partial charge on any atom is -0.481 e. The van der Waals surface area contributed by atoms with E-state index in [1.165, 1.54) is 11.3 Å². The molecule has 0 bridgehead atoms. The highest BCUT2D eigenvalue weighted by molar-refractivity contribution is 7.18. The van der Waals surface area contributed by atoms with Crippen LogP contribution in [0.25, 0.3) is 10.6 Å². The maximum absolute atomic E-state index is 5.94. The van der Waals surface area contributed by atoms with Crippen molar-refractivity contribution < 1.29 is 4.74 Å². The molecular weight excluding hydrogens is 284 g/mol. The van der Waals surface area contributed by atoms with Gasteiger partial charge in [0.2, 0.25) is 11.0 Å². The second-order valence-corrected chi connectivity index (χ2v) is 5.28. The number of pyridine rings is 1. The van der Waals surface area contributed by atoms with Crippen LogP contribution in [0.5, 0.6) is 5.88 Å². The molecule has 7 heteroatoms. The molecule has 2 rings (SSSR count). The minimum absolute atomic E-state index is 0.380. The standard InChI is InChI=1S/C12H15ClN4OS/c1-3-4-5-14-12-17-16-11(19-12)8-6-9(13)15-10(7-8)18-2/h6-7H,3-5H2,1-2H3,(H,14,17). The van der Waals surface area contributed by atoms with E-state index >= 15 is 0 Å². The van der Waals surface area contributed by atoms with E-state index in [1.54, 1.807) is 19.2 Å². The molecule has 0 amide bonds. The van der Waals surface area contributed by atoms with E-state index in [9.17, 15) is 0 Å². The first-order valence-corrected chi connectivity index (χ1v) is 7.21. The Bertz CT molecular complexity index is 546. The van der Waals surface area contributed by atoms with Crippen LogP contribution in [0.4, 0.5) is 5.13 Å². The zero-order valence-corrected chi connectivity index (χ0v) is 12.4. The number of aromatic nitrogens is 3. The summed E-state index contributed by atoms with van der Waals surface area (Å²) in [5.41, 5.74) is 0.859. The Hall–Kier alpha value is -1.40. The SMILES string of the molecule is CCCCNc1nnc(-c2cc(Cl)nc(OC)c2)s1. The van der Waals surface area contributed by atoms with Gasteiger partial charge in [0.05, 0.1) is 7.11 Å². The summed E-state index contributed by atoms with van der Waals surface area (Å²) < 4.78 is 5.09. The molecular formula is C12H15ClN4OS. The lowest BCUT2D eigenvalue weighted by atomic mass is 10.3. The fourth-order valence-corrected chi connectivity index (χ4v) is 2.44. The van der Waals surface area contributed by atoms with Crippen molar-refractivity contribution in [1.29, 1.82) is 0 Å². The number of nitrogens with zero attached hydrogens (tertiary/aromatic N) is 3. The molecule has 0 aliphatic rings. The fourth-order valence-electron chi connectivity index (χ4n) is 1.48. The van der Waals surface area contributed by atoms with Gasteiger partial charge in [-0.1, -0.05) is 36.3 Å². The monoisotopic (exact) mass is 298 g/mol. The van der Waals surface area contributed by atoms with Crippen LogP contribution in [0, 0.1) is 0 Å². The maximum Gasteiger partial charge on any atom is 0.215 e. The van der Waals surface area contributed by atoms with E-state index in [4.69, 9.17) is 16.3 Å². The molecule has 19 heavy (non-hydrogen) atoms. The van der Waals surface area contributed by atoms with Crippen molar-refractivity contribution in [2.45, 2.75) is 19.8 Å². The maximum atomic E-state index is 5.94. The van der Waals surface area contributed by atoms with Gasteiger partial charge in [-0.2, -0.15) is 0 Å². The average Bonchev–Trinajstić information content (AvgIpc) is 2.87. The molecule has 0 saturated carbocycles. The molecule has 2 aromatic rings. The highest BCUT2D eigenvalue weighted by Gasteiger charge is 2.09. The zero-order chi connectivity index (χ0) is 13.7. The Morgan fingerprint density at radius 1 is 1.37 bits per heavy atom. The number of unbranched alkanes of at least 4 members (excludes halogenated alkanes) is 1. The van der Waals surface area contributed by atoms with E-state index in [2.05, 4.69) is 27.4 Å². The van der Waals surface area contributed by atoms with Gasteiger partial charge in [-0.05, 0) is 12.5 Å². The van der Waals surface area contributed by atoms with Crippen molar-refractivity contribution in [1.82, 2.24) is 15.2 Å². The van der Waals surface area contributed by atoms with Crippen LogP contribution in [0.1, 0.15) is 19.8 Å². The van der Waals surface area contributed by atoms with Gasteiger partial charge < -0.3 is 10.1 Å². The number of rotatable bonds is 6. The van der Waals surface area contributed by atoms with E-state index in [0.717, 1.165) is 35.1 Å². The van der Waals surface area contributed by atoms with Gasteiger partial charge in [0.25, 0.3) is 0 Å². The van der Waals surface area contributed by atoms with E-state index in [0.29, 0.717) is 11.0 Å². The summed E-state index contributed by atoms with van der Waals surface area (Å²) in [6.45, 7) is 3.06. The van der Waals surface area contributed by atoms with Gasteiger partial charge in [-0.15, -0.1) is 10.2 Å². The van der Waals surface area contributed by atoms with Crippen molar-refractivity contribution >= 4 is 28.1 Å². The van der Waals surface area contributed by atoms with E-state index in [-0.39, 0.29) is 0 Å². The van der Waals surface area contributed by atoms with Crippen LogP contribution >= 0.6 is 22.9 Å². The van der Waals surface area contributed by atoms with Crippen LogP contribution in [0.2, 0.25) is 5.15 Å². The van der Waals surface area contributed by atoms with Gasteiger partial charge in [0, 0.05) is 18.2 Å². The molecule has 0 atom stereocenters. The summed E-state index contributed by atoms with van der Waals surface area (Å²) >= 11 is 7.43. The number of anilines is 1. The number of ether oxygens (including phenoxy) is 1. The van der Waals surface area contributed by atoms with E-state index in [1.807, 2.05) is 0 Å². The van der Waals surface area contributed by atoms with Crippen LogP contribution in [-0.2, 0) is 0 Å². The second-order valence-electron chi connectivity index (χ2n) is 3.91. The quantitative estimate of drug-likeness (QED) is 0.653. The Morgan fingerprint density at radius 3 is 2.95 bits per heavy atom. The third-order valence-electron chi connectivity index (χ3n) is 2.46. The Morgan fingerprint density at radius 2 is 2.21 bits per heavy atom. The Balaban J connectivity index is 2.15. The van der Waals surface area contributed by atoms with Gasteiger partial charge in [0.1, 0.15) is 10.2 Å². The molecule has 102 valence electrons. The first kappa shape index (κ1) is 14.0. The number of hydrogen-bond acceptors (Lipinski definition) is 6. The molecule has 0 aromatic carbocycles. The molecule has 0 aliphatic heterocycles. The van der Waals surface area contributed by atoms with Gasteiger partial charge in [0.15, 0.2) is 0 Å². The second kappa shape index (κ2) is 6.68. The fraction of sp³-hybridized carbons (Fsp3) is 0.417. The molecule has 2 aromatic heterocycles. The number of halogens is 1. The van der Waals surface area contributed by atoms with Crippen molar-refractivity contribution in [3.63, 3.8) is 0 Å². The smallest absolute Gasteiger partial charge is 0.215 e. The Labute approximate surface area is 121 Å². The lowest BCUT2D eigenvalue weighted by Gasteiger charge is -2.01. The summed E-state index contributed by atoms with van der Waals surface area (Å²) in [6.07, 6.45) is 2.26. The molecule has 0 aliphatic carbocycles. The normalized spacial score (nSPS) is 10.5. The number of nitrogens with one attached hydrogen (secondary N) is 1. The van der Waals surface area contributed by atoms with Crippen molar-refractivity contribution in [3.8, 4) is 16.5 Å². The third-order valence-corrected chi connectivity index (χ3v) is 3.58. The number of methoxy groups -OCH3 is 1. The van der Waals surface area contributed by atoms with Crippen LogP contribution < -0.4 is 10.1 Å². The summed E-state index contributed by atoms with van der Waals surface area (Å²) in [5.74, 6) is 0.471. The predicted molar refractivity (Wildman–Crippen MR) is 78.1 cm³/mol. The average molecular weight is 299 g/mol. The summed E-state index contributed by atoms with van der Waals surface area (Å²) in [4.78, 5) is 4.03. The first-order chi connectivity index (χ1) is 9.22. The highest BCUT2D eigenvalue weighted by Crippen LogP contribution is 2.29. The molecule has 0 radical (unpaired) electrons. The molecule has 5 nitrogen and oxygen atoms in total. The minimum atomic E-state index is 0.380. The van der Waals surface area contributed by atoms with E-state index < -0.39 is 0 Å². The van der Waals surface area contributed by atoms with Gasteiger partial charge in [-0.3, -0.25) is 0 Å². The highest BCUT2D eigenvalue weighted by atomic mass is 35.5.